The van der Waals surface area contributed by atoms with Crippen LogP contribution in [0, 0.1) is 0 Å². The number of hydrogen-bond acceptors (Lipinski definition) is 2. The van der Waals surface area contributed by atoms with E-state index in [1.807, 2.05) is 12.1 Å². The molecular weight excluding hydrogens is 264 g/mol. The van der Waals surface area contributed by atoms with Crippen molar-refractivity contribution in [2.75, 3.05) is 12.8 Å². The molecule has 0 bridgehead atoms. The molecule has 0 aliphatic rings. The summed E-state index contributed by atoms with van der Waals surface area (Å²) in [5.74, 6) is 0. The molecule has 0 saturated carbocycles. The van der Waals surface area contributed by atoms with Gasteiger partial charge in [0.15, 0.2) is 0 Å². The minimum atomic E-state index is 0.642. The highest BCUT2D eigenvalue weighted by Gasteiger charge is 2.11. The molecule has 0 unspecified atom stereocenters. The summed E-state index contributed by atoms with van der Waals surface area (Å²) in [6, 6.07) is 6.75. The Balaban J connectivity index is 2.72. The van der Waals surface area contributed by atoms with Crippen LogP contribution >= 0.6 is 15.9 Å². The van der Waals surface area contributed by atoms with Crippen molar-refractivity contribution in [2.24, 2.45) is 0 Å². The molecule has 1 rings (SSSR count). The zero-order valence-corrected chi connectivity index (χ0v) is 11.9. The lowest BCUT2D eigenvalue weighted by Gasteiger charge is -2.26. The molecule has 2 nitrogen and oxygen atoms in total. The van der Waals surface area contributed by atoms with Crippen molar-refractivity contribution in [1.29, 1.82) is 0 Å². The Morgan fingerprint density at radius 3 is 2.44 bits per heavy atom. The second-order valence-electron chi connectivity index (χ2n) is 4.23. The van der Waals surface area contributed by atoms with Crippen molar-refractivity contribution >= 4 is 21.6 Å². The van der Waals surface area contributed by atoms with Crippen LogP contribution in [0.5, 0.6) is 0 Å². The average Bonchev–Trinajstić information content (AvgIpc) is 2.24. The summed E-state index contributed by atoms with van der Waals surface area (Å²) < 4.78 is 1.04. The number of hydrogen-bond donors (Lipinski definition) is 1. The van der Waals surface area contributed by atoms with Gasteiger partial charge in [-0.15, -0.1) is 0 Å². The smallest absolute Gasteiger partial charge is 0.0371 e. The third-order valence-corrected chi connectivity index (χ3v) is 3.59. The van der Waals surface area contributed by atoms with Gasteiger partial charge >= 0.3 is 0 Å². The molecule has 0 saturated heterocycles. The van der Waals surface area contributed by atoms with Crippen molar-refractivity contribution in [3.8, 4) is 0 Å². The summed E-state index contributed by atoms with van der Waals surface area (Å²) in [6.45, 7) is 5.39. The van der Waals surface area contributed by atoms with Gasteiger partial charge in [0.05, 0.1) is 0 Å². The third-order valence-electron chi connectivity index (χ3n) is 3.09. The first-order chi connectivity index (χ1) is 7.58. The summed E-state index contributed by atoms with van der Waals surface area (Å²) in [6.07, 6.45) is 2.37. The summed E-state index contributed by atoms with van der Waals surface area (Å²) in [4.78, 5) is 2.37. The number of halogens is 1. The van der Waals surface area contributed by atoms with Gasteiger partial charge in [0.25, 0.3) is 0 Å². The van der Waals surface area contributed by atoms with E-state index >= 15 is 0 Å². The molecule has 0 radical (unpaired) electrons. The lowest BCUT2D eigenvalue weighted by molar-refractivity contribution is 0.222. The minimum Gasteiger partial charge on any atom is -0.398 e. The Hall–Kier alpha value is -0.540. The lowest BCUT2D eigenvalue weighted by Crippen LogP contribution is -2.30. The van der Waals surface area contributed by atoms with Crippen molar-refractivity contribution in [3.05, 3.63) is 28.2 Å². The molecule has 0 heterocycles. The van der Waals surface area contributed by atoms with Gasteiger partial charge in [-0.05, 0) is 37.6 Å². The van der Waals surface area contributed by atoms with Crippen LogP contribution in [0.3, 0.4) is 0 Å². The highest BCUT2D eigenvalue weighted by atomic mass is 79.9. The number of nitrogen functional groups attached to an aromatic ring is 1. The Morgan fingerprint density at radius 2 is 1.94 bits per heavy atom. The van der Waals surface area contributed by atoms with Gasteiger partial charge in [0.2, 0.25) is 0 Å². The summed E-state index contributed by atoms with van der Waals surface area (Å²) in [5, 5.41) is 0. The van der Waals surface area contributed by atoms with Gasteiger partial charge in [-0.25, -0.2) is 0 Å². The van der Waals surface area contributed by atoms with Crippen molar-refractivity contribution in [1.82, 2.24) is 4.90 Å². The minimum absolute atomic E-state index is 0.642. The fraction of sp³-hybridized carbons (Fsp3) is 0.538. The lowest BCUT2D eigenvalue weighted by atomic mass is 10.1. The fourth-order valence-electron chi connectivity index (χ4n) is 2.02. The van der Waals surface area contributed by atoms with Crippen LogP contribution in [-0.4, -0.2) is 18.0 Å². The Morgan fingerprint density at radius 1 is 1.31 bits per heavy atom. The average molecular weight is 285 g/mol. The first kappa shape index (κ1) is 13.5. The van der Waals surface area contributed by atoms with Crippen LogP contribution in [0.25, 0.3) is 0 Å². The fourth-order valence-corrected chi connectivity index (χ4v) is 2.40. The Labute approximate surface area is 107 Å². The number of anilines is 1. The van der Waals surface area contributed by atoms with E-state index in [0.29, 0.717) is 6.04 Å². The molecule has 0 spiro atoms. The number of rotatable bonds is 5. The van der Waals surface area contributed by atoms with Gasteiger partial charge in [-0.3, -0.25) is 4.90 Å². The molecule has 0 aliphatic carbocycles. The van der Waals surface area contributed by atoms with E-state index in [4.69, 9.17) is 5.73 Å². The predicted molar refractivity (Wildman–Crippen MR) is 74.4 cm³/mol. The zero-order valence-electron chi connectivity index (χ0n) is 10.3. The van der Waals surface area contributed by atoms with Crippen molar-refractivity contribution < 1.29 is 0 Å². The van der Waals surface area contributed by atoms with E-state index in [2.05, 4.69) is 47.8 Å². The summed E-state index contributed by atoms with van der Waals surface area (Å²) >= 11 is 3.43. The largest absolute Gasteiger partial charge is 0.398 e. The molecule has 0 fully saturated rings. The first-order valence-corrected chi connectivity index (χ1v) is 6.61. The molecule has 90 valence electrons. The standard InChI is InChI=1S/C13H21BrN2/c1-4-12(5-2)16(3)9-10-6-7-11(14)8-13(10)15/h6-8,12H,4-5,9,15H2,1-3H3. The van der Waals surface area contributed by atoms with Gasteiger partial charge < -0.3 is 5.73 Å². The van der Waals surface area contributed by atoms with Crippen molar-refractivity contribution in [2.45, 2.75) is 39.3 Å². The zero-order chi connectivity index (χ0) is 12.1. The van der Waals surface area contributed by atoms with E-state index in [9.17, 15) is 0 Å². The van der Waals surface area contributed by atoms with Gasteiger partial charge in [0, 0.05) is 22.7 Å². The van der Waals surface area contributed by atoms with Crippen LogP contribution in [-0.2, 0) is 6.54 Å². The molecule has 0 amide bonds. The first-order valence-electron chi connectivity index (χ1n) is 5.82. The number of benzene rings is 1. The molecule has 0 aromatic heterocycles. The maximum Gasteiger partial charge on any atom is 0.0371 e. The van der Waals surface area contributed by atoms with Gasteiger partial charge in [-0.1, -0.05) is 35.8 Å². The molecule has 1 aromatic carbocycles. The van der Waals surface area contributed by atoms with Gasteiger partial charge in [-0.2, -0.15) is 0 Å². The molecule has 0 aliphatic heterocycles. The highest BCUT2D eigenvalue weighted by Crippen LogP contribution is 2.21. The van der Waals surface area contributed by atoms with E-state index < -0.39 is 0 Å². The van der Waals surface area contributed by atoms with E-state index in [0.717, 1.165) is 16.7 Å². The number of nitrogens with two attached hydrogens (primary N) is 1. The summed E-state index contributed by atoms with van der Waals surface area (Å²) in [7, 11) is 2.17. The third kappa shape index (κ3) is 3.49. The van der Waals surface area contributed by atoms with Crippen LogP contribution in [0.15, 0.2) is 22.7 Å². The molecule has 1 aromatic rings. The topological polar surface area (TPSA) is 29.3 Å². The molecule has 16 heavy (non-hydrogen) atoms. The van der Waals surface area contributed by atoms with Crippen LogP contribution in [0.2, 0.25) is 0 Å². The van der Waals surface area contributed by atoms with Crippen molar-refractivity contribution in [3.63, 3.8) is 0 Å². The van der Waals surface area contributed by atoms with Crippen LogP contribution in [0.1, 0.15) is 32.3 Å². The molecule has 2 N–H and O–H groups in total. The highest BCUT2D eigenvalue weighted by molar-refractivity contribution is 9.10. The van der Waals surface area contributed by atoms with E-state index in [-0.39, 0.29) is 0 Å². The second-order valence-corrected chi connectivity index (χ2v) is 5.14. The molecular formula is C13H21BrN2. The quantitative estimate of drug-likeness (QED) is 0.837. The number of nitrogens with zero attached hydrogens (tertiary/aromatic N) is 1. The monoisotopic (exact) mass is 284 g/mol. The van der Waals surface area contributed by atoms with E-state index in [1.54, 1.807) is 0 Å². The Bertz CT molecular complexity index is 335. The van der Waals surface area contributed by atoms with Crippen LogP contribution in [0.4, 0.5) is 5.69 Å². The van der Waals surface area contributed by atoms with Crippen LogP contribution < -0.4 is 5.73 Å². The summed E-state index contributed by atoms with van der Waals surface area (Å²) in [5.41, 5.74) is 8.07. The maximum atomic E-state index is 6.00. The molecule has 0 atom stereocenters. The Kier molecular flexibility index (Phi) is 5.29. The SMILES string of the molecule is CCC(CC)N(C)Cc1ccc(Br)cc1N. The molecule has 3 heteroatoms. The maximum absolute atomic E-state index is 6.00. The second kappa shape index (κ2) is 6.26. The van der Waals surface area contributed by atoms with E-state index in [1.165, 1.54) is 18.4 Å². The normalized spacial score (nSPS) is 11.4. The van der Waals surface area contributed by atoms with Gasteiger partial charge in [0.1, 0.15) is 0 Å². The predicted octanol–water partition coefficient (Wildman–Crippen LogP) is 3.65.